The van der Waals surface area contributed by atoms with Crippen molar-refractivity contribution in [3.05, 3.63) is 65.7 Å². The minimum atomic E-state index is -1.66. The molecular formula is C22H22O7. The third-order valence-electron chi connectivity index (χ3n) is 4.97. The molecular weight excluding hydrogens is 376 g/mol. The summed E-state index contributed by atoms with van der Waals surface area (Å²) in [5.74, 6) is -1.55. The first-order chi connectivity index (χ1) is 13.9. The van der Waals surface area contributed by atoms with Crippen molar-refractivity contribution in [2.75, 3.05) is 14.2 Å². The summed E-state index contributed by atoms with van der Waals surface area (Å²) >= 11 is 0. The normalized spacial score (nSPS) is 20.0. The summed E-state index contributed by atoms with van der Waals surface area (Å²) < 4.78 is 21.2. The predicted molar refractivity (Wildman–Crippen MR) is 102 cm³/mol. The Hall–Kier alpha value is -3.19. The van der Waals surface area contributed by atoms with E-state index in [1.807, 2.05) is 30.3 Å². The minimum absolute atomic E-state index is 0.0761. The lowest BCUT2D eigenvalue weighted by atomic mass is 9.76. The van der Waals surface area contributed by atoms with Gasteiger partial charge in [0, 0.05) is 13.3 Å². The molecule has 1 saturated heterocycles. The third-order valence-corrected chi connectivity index (χ3v) is 4.97. The highest BCUT2D eigenvalue weighted by Crippen LogP contribution is 2.54. The molecule has 2 aromatic rings. The predicted octanol–water partition coefficient (Wildman–Crippen LogP) is 3.15. The Labute approximate surface area is 168 Å². The Bertz CT molecular complexity index is 873. The van der Waals surface area contributed by atoms with Crippen LogP contribution in [0.2, 0.25) is 0 Å². The van der Waals surface area contributed by atoms with Crippen LogP contribution in [0.15, 0.2) is 54.6 Å². The standard InChI is InChI=1S/C22H22O7/c1-14(23)28-17-11-9-16(10-12-17)19-22(20(24)26-2,21(25)27-3)13-18(29-19)15-7-5-4-6-8-15/h4-12,18-19H,13H2,1-3H3/t18-,19-/m1/s1. The molecule has 2 atom stereocenters. The summed E-state index contributed by atoms with van der Waals surface area (Å²) in [6.45, 7) is 1.30. The van der Waals surface area contributed by atoms with Crippen molar-refractivity contribution in [1.29, 1.82) is 0 Å². The maximum absolute atomic E-state index is 12.8. The molecule has 0 bridgehead atoms. The van der Waals surface area contributed by atoms with Crippen LogP contribution in [0.4, 0.5) is 0 Å². The molecule has 0 saturated carbocycles. The second-order valence-electron chi connectivity index (χ2n) is 6.74. The molecule has 1 aliphatic rings. The van der Waals surface area contributed by atoms with E-state index in [0.29, 0.717) is 11.3 Å². The van der Waals surface area contributed by atoms with E-state index < -0.39 is 35.5 Å². The smallest absolute Gasteiger partial charge is 0.326 e. The van der Waals surface area contributed by atoms with E-state index in [4.69, 9.17) is 18.9 Å². The Morgan fingerprint density at radius 3 is 2.00 bits per heavy atom. The molecule has 1 fully saturated rings. The van der Waals surface area contributed by atoms with E-state index in [-0.39, 0.29) is 6.42 Å². The molecule has 29 heavy (non-hydrogen) atoms. The highest BCUT2D eigenvalue weighted by molar-refractivity contribution is 6.01. The number of methoxy groups -OCH3 is 2. The maximum Gasteiger partial charge on any atom is 0.326 e. The minimum Gasteiger partial charge on any atom is -0.468 e. The lowest BCUT2D eigenvalue weighted by molar-refractivity contribution is -0.173. The second kappa shape index (κ2) is 8.45. The molecule has 1 aliphatic heterocycles. The summed E-state index contributed by atoms with van der Waals surface area (Å²) in [6, 6.07) is 15.8. The van der Waals surface area contributed by atoms with Crippen LogP contribution in [-0.4, -0.2) is 32.1 Å². The number of ether oxygens (including phenoxy) is 4. The zero-order valence-corrected chi connectivity index (χ0v) is 16.4. The van der Waals surface area contributed by atoms with E-state index in [9.17, 15) is 14.4 Å². The van der Waals surface area contributed by atoms with Gasteiger partial charge in [0.05, 0.1) is 20.3 Å². The van der Waals surface area contributed by atoms with Gasteiger partial charge in [0.1, 0.15) is 11.9 Å². The van der Waals surface area contributed by atoms with E-state index in [0.717, 1.165) is 5.56 Å². The molecule has 2 aromatic carbocycles. The average molecular weight is 398 g/mol. The van der Waals surface area contributed by atoms with Gasteiger partial charge in [0.2, 0.25) is 0 Å². The number of carbonyl (C=O) groups excluding carboxylic acids is 3. The van der Waals surface area contributed by atoms with Crippen molar-refractivity contribution in [1.82, 2.24) is 0 Å². The SMILES string of the molecule is COC(=O)C1(C(=O)OC)C[C@H](c2ccccc2)O[C@@H]1c1ccc(OC(C)=O)cc1. The van der Waals surface area contributed by atoms with Crippen molar-refractivity contribution in [3.8, 4) is 5.75 Å². The summed E-state index contributed by atoms with van der Waals surface area (Å²) in [5.41, 5.74) is -0.258. The van der Waals surface area contributed by atoms with Gasteiger partial charge in [-0.3, -0.25) is 14.4 Å². The summed E-state index contributed by atoms with van der Waals surface area (Å²) in [7, 11) is 2.45. The number of benzene rings is 2. The molecule has 7 nitrogen and oxygen atoms in total. The van der Waals surface area contributed by atoms with Crippen molar-refractivity contribution in [2.24, 2.45) is 5.41 Å². The van der Waals surface area contributed by atoms with Crippen LogP contribution in [0.5, 0.6) is 5.75 Å². The molecule has 0 aromatic heterocycles. The summed E-state index contributed by atoms with van der Waals surface area (Å²) in [6.07, 6.45) is -1.36. The van der Waals surface area contributed by atoms with Gasteiger partial charge in [-0.25, -0.2) is 0 Å². The fraction of sp³-hybridized carbons (Fsp3) is 0.318. The van der Waals surface area contributed by atoms with Crippen LogP contribution in [0.1, 0.15) is 36.7 Å². The fourth-order valence-corrected chi connectivity index (χ4v) is 3.66. The van der Waals surface area contributed by atoms with Gasteiger partial charge in [0.15, 0.2) is 5.41 Å². The van der Waals surface area contributed by atoms with Crippen LogP contribution in [0.25, 0.3) is 0 Å². The van der Waals surface area contributed by atoms with Crippen LogP contribution in [-0.2, 0) is 28.6 Å². The number of rotatable bonds is 5. The maximum atomic E-state index is 12.8. The van der Waals surface area contributed by atoms with Crippen LogP contribution in [0, 0.1) is 5.41 Å². The van der Waals surface area contributed by atoms with Gasteiger partial charge in [-0.05, 0) is 23.3 Å². The Kier molecular flexibility index (Phi) is 5.98. The highest BCUT2D eigenvalue weighted by Gasteiger charge is 2.62. The molecule has 0 unspecified atom stereocenters. The monoisotopic (exact) mass is 398 g/mol. The lowest BCUT2D eigenvalue weighted by Gasteiger charge is -2.28. The number of hydrogen-bond acceptors (Lipinski definition) is 7. The Morgan fingerprint density at radius 2 is 1.48 bits per heavy atom. The summed E-state index contributed by atoms with van der Waals surface area (Å²) in [5, 5.41) is 0. The van der Waals surface area contributed by atoms with Crippen molar-refractivity contribution in [3.63, 3.8) is 0 Å². The van der Waals surface area contributed by atoms with Gasteiger partial charge in [0.25, 0.3) is 0 Å². The van der Waals surface area contributed by atoms with Crippen LogP contribution < -0.4 is 4.74 Å². The largest absolute Gasteiger partial charge is 0.468 e. The van der Waals surface area contributed by atoms with E-state index in [1.165, 1.54) is 21.1 Å². The van der Waals surface area contributed by atoms with Crippen LogP contribution in [0.3, 0.4) is 0 Å². The van der Waals surface area contributed by atoms with Gasteiger partial charge in [-0.15, -0.1) is 0 Å². The quantitative estimate of drug-likeness (QED) is 0.434. The van der Waals surface area contributed by atoms with E-state index in [1.54, 1.807) is 24.3 Å². The van der Waals surface area contributed by atoms with Gasteiger partial charge in [-0.1, -0.05) is 42.5 Å². The van der Waals surface area contributed by atoms with Gasteiger partial charge in [-0.2, -0.15) is 0 Å². The first-order valence-corrected chi connectivity index (χ1v) is 9.08. The molecule has 0 N–H and O–H groups in total. The summed E-state index contributed by atoms with van der Waals surface area (Å²) in [4.78, 5) is 36.8. The molecule has 7 heteroatoms. The van der Waals surface area contributed by atoms with Crippen LogP contribution >= 0.6 is 0 Å². The lowest BCUT2D eigenvalue weighted by Crippen LogP contribution is -2.43. The van der Waals surface area contributed by atoms with Crippen molar-refractivity contribution < 1.29 is 33.3 Å². The first-order valence-electron chi connectivity index (χ1n) is 9.08. The van der Waals surface area contributed by atoms with Crippen molar-refractivity contribution >= 4 is 17.9 Å². The van der Waals surface area contributed by atoms with Crippen molar-refractivity contribution in [2.45, 2.75) is 25.6 Å². The second-order valence-corrected chi connectivity index (χ2v) is 6.74. The first kappa shape index (κ1) is 20.5. The molecule has 1 heterocycles. The van der Waals surface area contributed by atoms with E-state index in [2.05, 4.69) is 0 Å². The van der Waals surface area contributed by atoms with Gasteiger partial charge >= 0.3 is 17.9 Å². The molecule has 3 rings (SSSR count). The number of esters is 3. The topological polar surface area (TPSA) is 88.1 Å². The zero-order valence-electron chi connectivity index (χ0n) is 16.4. The molecule has 0 amide bonds. The molecule has 0 spiro atoms. The fourth-order valence-electron chi connectivity index (χ4n) is 3.66. The molecule has 0 radical (unpaired) electrons. The molecule has 152 valence electrons. The highest BCUT2D eigenvalue weighted by atomic mass is 16.6. The average Bonchev–Trinajstić information content (AvgIpc) is 3.15. The van der Waals surface area contributed by atoms with E-state index >= 15 is 0 Å². The Balaban J connectivity index is 2.05. The Morgan fingerprint density at radius 1 is 0.897 bits per heavy atom. The molecule has 0 aliphatic carbocycles. The third kappa shape index (κ3) is 3.86. The zero-order chi connectivity index (χ0) is 21.0. The number of hydrogen-bond donors (Lipinski definition) is 0. The van der Waals surface area contributed by atoms with Gasteiger partial charge < -0.3 is 18.9 Å². The number of carbonyl (C=O) groups is 3.